The van der Waals surface area contributed by atoms with Gasteiger partial charge in [0.1, 0.15) is 11.5 Å². The van der Waals surface area contributed by atoms with Crippen LogP contribution >= 0.6 is 0 Å². The topological polar surface area (TPSA) is 63.2 Å². The number of ether oxygens (including phenoxy) is 2. The zero-order chi connectivity index (χ0) is 23.9. The largest absolute Gasteiger partial charge is 0.496 e. The molecule has 0 saturated carbocycles. The number of hydrazone groups is 1. The van der Waals surface area contributed by atoms with Crippen LogP contribution in [0.15, 0.2) is 65.8 Å². The molecular formula is C28H31N3O3. The molecule has 0 aromatic heterocycles. The average Bonchev–Trinajstić information content (AvgIpc) is 2.85. The predicted octanol–water partition coefficient (Wildman–Crippen LogP) is 4.79. The van der Waals surface area contributed by atoms with Crippen LogP contribution in [-0.2, 0) is 17.8 Å². The second-order valence-corrected chi connectivity index (χ2v) is 8.51. The lowest BCUT2D eigenvalue weighted by molar-refractivity contribution is -0.123. The highest BCUT2D eigenvalue weighted by Gasteiger charge is 2.18. The van der Waals surface area contributed by atoms with E-state index in [1.807, 2.05) is 44.2 Å². The summed E-state index contributed by atoms with van der Waals surface area (Å²) >= 11 is 0. The molecule has 1 amide bonds. The number of fused-ring (bicyclic) bond motifs is 1. The van der Waals surface area contributed by atoms with Gasteiger partial charge in [-0.1, -0.05) is 30.3 Å². The van der Waals surface area contributed by atoms with E-state index >= 15 is 0 Å². The number of aryl methyl sites for hydroxylation is 2. The number of nitrogens with zero attached hydrogens (tertiary/aromatic N) is 2. The van der Waals surface area contributed by atoms with Crippen LogP contribution in [0.3, 0.4) is 0 Å². The Kier molecular flexibility index (Phi) is 7.48. The molecule has 0 fully saturated rings. The maximum atomic E-state index is 12.2. The molecule has 34 heavy (non-hydrogen) atoms. The number of carbonyl (C=O) groups is 1. The lowest BCUT2D eigenvalue weighted by atomic mass is 10.0. The Bertz CT molecular complexity index is 1190. The Morgan fingerprint density at radius 2 is 1.94 bits per heavy atom. The van der Waals surface area contributed by atoms with Crippen molar-refractivity contribution in [3.63, 3.8) is 0 Å². The smallest absolute Gasteiger partial charge is 0.277 e. The summed E-state index contributed by atoms with van der Waals surface area (Å²) in [6, 6.07) is 20.3. The van der Waals surface area contributed by atoms with Crippen LogP contribution in [0.25, 0.3) is 0 Å². The number of nitrogens with one attached hydrogen (secondary N) is 1. The Hall–Kier alpha value is -3.80. The number of hydrogen-bond donors (Lipinski definition) is 1. The van der Waals surface area contributed by atoms with Crippen molar-refractivity contribution in [1.82, 2.24) is 5.43 Å². The van der Waals surface area contributed by atoms with E-state index in [2.05, 4.69) is 45.8 Å². The Morgan fingerprint density at radius 1 is 1.09 bits per heavy atom. The monoisotopic (exact) mass is 457 g/mol. The summed E-state index contributed by atoms with van der Waals surface area (Å²) in [6.45, 7) is 5.65. The molecule has 6 nitrogen and oxygen atoms in total. The van der Waals surface area contributed by atoms with Gasteiger partial charge >= 0.3 is 0 Å². The van der Waals surface area contributed by atoms with Gasteiger partial charge in [0, 0.05) is 24.3 Å². The van der Waals surface area contributed by atoms with E-state index in [9.17, 15) is 4.79 Å². The van der Waals surface area contributed by atoms with Gasteiger partial charge in [0.25, 0.3) is 5.91 Å². The molecule has 0 saturated heterocycles. The number of para-hydroxylation sites is 1. The average molecular weight is 458 g/mol. The number of hydrogen-bond acceptors (Lipinski definition) is 5. The SMILES string of the molecule is COc1ccc(/C=N/NC(=O)COc2cccc(C)c2C)cc1CN1CCCc2ccccc21. The van der Waals surface area contributed by atoms with Crippen molar-refractivity contribution >= 4 is 17.8 Å². The van der Waals surface area contributed by atoms with Crippen molar-refractivity contribution < 1.29 is 14.3 Å². The minimum Gasteiger partial charge on any atom is -0.496 e. The van der Waals surface area contributed by atoms with Crippen molar-refractivity contribution in [2.75, 3.05) is 25.2 Å². The number of amides is 1. The first-order chi connectivity index (χ1) is 16.5. The van der Waals surface area contributed by atoms with Gasteiger partial charge < -0.3 is 14.4 Å². The van der Waals surface area contributed by atoms with E-state index in [0.29, 0.717) is 5.75 Å². The maximum absolute atomic E-state index is 12.2. The Labute approximate surface area is 201 Å². The molecule has 0 radical (unpaired) electrons. The summed E-state index contributed by atoms with van der Waals surface area (Å²) in [6.07, 6.45) is 3.89. The van der Waals surface area contributed by atoms with Gasteiger partial charge in [0.05, 0.1) is 13.3 Å². The Morgan fingerprint density at radius 3 is 2.79 bits per heavy atom. The first-order valence-corrected chi connectivity index (χ1v) is 11.6. The summed E-state index contributed by atoms with van der Waals surface area (Å²) in [5, 5.41) is 4.11. The zero-order valence-corrected chi connectivity index (χ0v) is 20.0. The van der Waals surface area contributed by atoms with Gasteiger partial charge in [-0.05, 0) is 79.3 Å². The van der Waals surface area contributed by atoms with Crippen LogP contribution in [0.1, 0.15) is 34.2 Å². The molecule has 1 N–H and O–H groups in total. The van der Waals surface area contributed by atoms with Crippen molar-refractivity contribution in [1.29, 1.82) is 0 Å². The lowest BCUT2D eigenvalue weighted by Crippen LogP contribution is -2.29. The summed E-state index contributed by atoms with van der Waals surface area (Å²) in [7, 11) is 1.69. The predicted molar refractivity (Wildman–Crippen MR) is 136 cm³/mol. The first-order valence-electron chi connectivity index (χ1n) is 11.6. The molecule has 0 atom stereocenters. The molecule has 1 aliphatic rings. The number of anilines is 1. The fraction of sp³-hybridized carbons (Fsp3) is 0.286. The van der Waals surface area contributed by atoms with Crippen LogP contribution in [0, 0.1) is 13.8 Å². The normalized spacial score (nSPS) is 13.0. The Balaban J connectivity index is 1.39. The molecule has 4 rings (SSSR count). The van der Waals surface area contributed by atoms with Gasteiger partial charge in [-0.15, -0.1) is 0 Å². The highest BCUT2D eigenvalue weighted by molar-refractivity contribution is 5.83. The fourth-order valence-corrected chi connectivity index (χ4v) is 4.22. The third kappa shape index (κ3) is 5.57. The van der Waals surface area contributed by atoms with Gasteiger partial charge in [-0.25, -0.2) is 5.43 Å². The molecule has 1 heterocycles. The van der Waals surface area contributed by atoms with Crippen molar-refractivity contribution in [3.05, 3.63) is 88.5 Å². The third-order valence-corrected chi connectivity index (χ3v) is 6.19. The standard InChI is InChI=1S/C28H31N3O3/c1-20-8-6-12-26(21(20)2)34-19-28(32)30-29-17-22-13-14-27(33-3)24(16-22)18-31-15-7-10-23-9-4-5-11-25(23)31/h4-6,8-9,11-14,16-17H,7,10,15,18-19H2,1-3H3,(H,30,32)/b29-17+. The van der Waals surface area contributed by atoms with E-state index in [1.54, 1.807) is 13.3 Å². The summed E-state index contributed by atoms with van der Waals surface area (Å²) < 4.78 is 11.2. The quantitative estimate of drug-likeness (QED) is 0.390. The second-order valence-electron chi connectivity index (χ2n) is 8.51. The van der Waals surface area contributed by atoms with E-state index in [1.165, 1.54) is 11.3 Å². The number of methoxy groups -OCH3 is 1. The van der Waals surface area contributed by atoms with E-state index in [-0.39, 0.29) is 12.5 Å². The molecule has 0 unspecified atom stereocenters. The van der Waals surface area contributed by atoms with Crippen molar-refractivity contribution in [3.8, 4) is 11.5 Å². The molecule has 0 aliphatic carbocycles. The lowest BCUT2D eigenvalue weighted by Gasteiger charge is -2.31. The molecule has 3 aromatic carbocycles. The van der Waals surface area contributed by atoms with Crippen molar-refractivity contribution in [2.45, 2.75) is 33.2 Å². The minimum atomic E-state index is -0.309. The summed E-state index contributed by atoms with van der Waals surface area (Å²) in [4.78, 5) is 14.6. The van der Waals surface area contributed by atoms with Gasteiger partial charge in [0.2, 0.25) is 0 Å². The fourth-order valence-electron chi connectivity index (χ4n) is 4.22. The number of rotatable bonds is 8. The number of benzene rings is 3. The zero-order valence-electron chi connectivity index (χ0n) is 20.0. The first kappa shape index (κ1) is 23.4. The molecule has 176 valence electrons. The summed E-state index contributed by atoms with van der Waals surface area (Å²) in [5.41, 5.74) is 9.33. The van der Waals surface area contributed by atoms with Gasteiger partial charge in [-0.3, -0.25) is 4.79 Å². The van der Waals surface area contributed by atoms with Crippen LogP contribution in [0.5, 0.6) is 11.5 Å². The van der Waals surface area contributed by atoms with Crippen LogP contribution in [0.4, 0.5) is 5.69 Å². The molecule has 0 bridgehead atoms. The second kappa shape index (κ2) is 10.9. The van der Waals surface area contributed by atoms with E-state index < -0.39 is 0 Å². The third-order valence-electron chi connectivity index (χ3n) is 6.19. The molecule has 1 aliphatic heterocycles. The molecule has 3 aromatic rings. The van der Waals surface area contributed by atoms with Crippen molar-refractivity contribution in [2.24, 2.45) is 5.10 Å². The summed E-state index contributed by atoms with van der Waals surface area (Å²) in [5.74, 6) is 1.24. The van der Waals surface area contributed by atoms with Crippen LogP contribution < -0.4 is 19.8 Å². The molecule has 6 heteroatoms. The molecular weight excluding hydrogens is 426 g/mol. The maximum Gasteiger partial charge on any atom is 0.277 e. The molecule has 0 spiro atoms. The highest BCUT2D eigenvalue weighted by Crippen LogP contribution is 2.30. The minimum absolute atomic E-state index is 0.0934. The van der Waals surface area contributed by atoms with Gasteiger partial charge in [0.15, 0.2) is 6.61 Å². The van der Waals surface area contributed by atoms with E-state index in [0.717, 1.165) is 53.9 Å². The van der Waals surface area contributed by atoms with Crippen LogP contribution in [-0.4, -0.2) is 32.4 Å². The van der Waals surface area contributed by atoms with E-state index in [4.69, 9.17) is 9.47 Å². The highest BCUT2D eigenvalue weighted by atomic mass is 16.5. The number of carbonyl (C=O) groups excluding carboxylic acids is 1. The van der Waals surface area contributed by atoms with Gasteiger partial charge in [-0.2, -0.15) is 5.10 Å². The van der Waals surface area contributed by atoms with Crippen LogP contribution in [0.2, 0.25) is 0 Å².